The third-order valence-corrected chi connectivity index (χ3v) is 3.97. The lowest BCUT2D eigenvalue weighted by Gasteiger charge is -2.07. The van der Waals surface area contributed by atoms with Crippen LogP contribution < -0.4 is 0 Å². The van der Waals surface area contributed by atoms with E-state index in [1.165, 1.54) is 25.1 Å². The maximum Gasteiger partial charge on any atom is 0.328 e. The Morgan fingerprint density at radius 2 is 1.88 bits per heavy atom. The molecule has 1 unspecified atom stereocenters. The number of rotatable bonds is 4. The number of fused-ring (bicyclic) bond motifs is 1. The van der Waals surface area contributed by atoms with Gasteiger partial charge >= 0.3 is 5.97 Å². The summed E-state index contributed by atoms with van der Waals surface area (Å²) in [7, 11) is 0. The summed E-state index contributed by atoms with van der Waals surface area (Å²) in [5.41, 5.74) is 0.681. The zero-order valence-corrected chi connectivity index (χ0v) is 13.3. The minimum Gasteiger partial charge on any atom is -0.480 e. The molecule has 0 spiro atoms. The lowest BCUT2D eigenvalue weighted by molar-refractivity contribution is -0.140. The Hall–Kier alpha value is -2.73. The molecule has 122 valence electrons. The lowest BCUT2D eigenvalue weighted by Crippen LogP contribution is -2.17. The zero-order valence-electron chi connectivity index (χ0n) is 12.5. The average molecular weight is 347 g/mol. The second-order valence-electron chi connectivity index (χ2n) is 5.30. The first-order chi connectivity index (χ1) is 11.4. The first-order valence-corrected chi connectivity index (χ1v) is 7.47. The molecule has 0 fully saturated rings. The zero-order chi connectivity index (χ0) is 17.4. The number of hydrogen-bond acceptors (Lipinski definition) is 3. The number of halogens is 2. The molecule has 7 heteroatoms. The number of aromatic nitrogens is 2. The van der Waals surface area contributed by atoms with Crippen molar-refractivity contribution in [3.8, 4) is 0 Å². The van der Waals surface area contributed by atoms with Gasteiger partial charge in [0.2, 0.25) is 5.78 Å². The highest BCUT2D eigenvalue weighted by molar-refractivity contribution is 6.30. The SMILES string of the molecule is CC(C(=O)O)n1nc(C(=O)c2ccc(Cl)cc2)c2ccc(F)cc21. The summed E-state index contributed by atoms with van der Waals surface area (Å²) in [6, 6.07) is 9.02. The molecule has 0 amide bonds. The Morgan fingerprint density at radius 1 is 1.21 bits per heavy atom. The van der Waals surface area contributed by atoms with Crippen LogP contribution >= 0.6 is 11.6 Å². The van der Waals surface area contributed by atoms with Crippen molar-refractivity contribution >= 4 is 34.3 Å². The van der Waals surface area contributed by atoms with Gasteiger partial charge in [-0.25, -0.2) is 13.9 Å². The van der Waals surface area contributed by atoms with Gasteiger partial charge in [-0.05, 0) is 49.4 Å². The van der Waals surface area contributed by atoms with Crippen molar-refractivity contribution in [1.29, 1.82) is 0 Å². The van der Waals surface area contributed by atoms with Crippen molar-refractivity contribution in [2.75, 3.05) is 0 Å². The van der Waals surface area contributed by atoms with Crippen molar-refractivity contribution in [3.63, 3.8) is 0 Å². The van der Waals surface area contributed by atoms with E-state index in [4.69, 9.17) is 11.6 Å². The number of benzene rings is 2. The van der Waals surface area contributed by atoms with E-state index in [9.17, 15) is 19.1 Å². The van der Waals surface area contributed by atoms with Crippen molar-refractivity contribution in [2.24, 2.45) is 0 Å². The lowest BCUT2D eigenvalue weighted by atomic mass is 10.1. The van der Waals surface area contributed by atoms with Crippen LogP contribution in [-0.4, -0.2) is 26.6 Å². The van der Waals surface area contributed by atoms with Crippen LogP contribution in [0.15, 0.2) is 42.5 Å². The van der Waals surface area contributed by atoms with Gasteiger partial charge < -0.3 is 5.11 Å². The van der Waals surface area contributed by atoms with E-state index >= 15 is 0 Å². The first kappa shape index (κ1) is 16.1. The summed E-state index contributed by atoms with van der Waals surface area (Å²) in [6.07, 6.45) is 0. The van der Waals surface area contributed by atoms with Crippen molar-refractivity contribution in [1.82, 2.24) is 9.78 Å². The molecule has 0 aliphatic rings. The predicted molar refractivity (Wildman–Crippen MR) is 86.9 cm³/mol. The molecule has 0 aliphatic heterocycles. The van der Waals surface area contributed by atoms with Crippen LogP contribution in [0.2, 0.25) is 5.02 Å². The predicted octanol–water partition coefficient (Wildman–Crippen LogP) is 3.71. The molecular weight excluding hydrogens is 335 g/mol. The summed E-state index contributed by atoms with van der Waals surface area (Å²) in [5, 5.41) is 14.2. The third kappa shape index (κ3) is 2.76. The summed E-state index contributed by atoms with van der Waals surface area (Å²) in [5.74, 6) is -2.06. The molecule has 0 bridgehead atoms. The summed E-state index contributed by atoms with van der Waals surface area (Å²) >= 11 is 5.82. The molecule has 24 heavy (non-hydrogen) atoms. The van der Waals surface area contributed by atoms with Gasteiger partial charge in [0.15, 0.2) is 0 Å². The molecule has 0 radical (unpaired) electrons. The number of carbonyl (C=O) groups is 2. The van der Waals surface area contributed by atoms with Crippen LogP contribution in [0.25, 0.3) is 10.9 Å². The number of ketones is 1. The fourth-order valence-corrected chi connectivity index (χ4v) is 2.54. The first-order valence-electron chi connectivity index (χ1n) is 7.09. The highest BCUT2D eigenvalue weighted by Crippen LogP contribution is 2.25. The maximum atomic E-state index is 13.6. The number of hydrogen-bond donors (Lipinski definition) is 1. The van der Waals surface area contributed by atoms with Gasteiger partial charge in [0.1, 0.15) is 17.6 Å². The molecule has 2 aromatic carbocycles. The van der Waals surface area contributed by atoms with Gasteiger partial charge in [-0.1, -0.05) is 11.6 Å². The molecule has 0 saturated heterocycles. The average Bonchev–Trinajstić information content (AvgIpc) is 2.92. The van der Waals surface area contributed by atoms with Crippen LogP contribution in [-0.2, 0) is 4.79 Å². The summed E-state index contributed by atoms with van der Waals surface area (Å²) in [4.78, 5) is 24.0. The van der Waals surface area contributed by atoms with E-state index in [1.54, 1.807) is 24.3 Å². The van der Waals surface area contributed by atoms with Gasteiger partial charge in [0.05, 0.1) is 5.52 Å². The Balaban J connectivity index is 2.19. The van der Waals surface area contributed by atoms with Crippen molar-refractivity contribution < 1.29 is 19.1 Å². The molecule has 1 heterocycles. The van der Waals surface area contributed by atoms with Crippen molar-refractivity contribution in [3.05, 3.63) is 64.6 Å². The molecule has 5 nitrogen and oxygen atoms in total. The van der Waals surface area contributed by atoms with Crippen LogP contribution in [0, 0.1) is 5.82 Å². The molecule has 3 aromatic rings. The van der Waals surface area contributed by atoms with Crippen LogP contribution in [0.4, 0.5) is 4.39 Å². The van der Waals surface area contributed by atoms with E-state index in [1.807, 2.05) is 0 Å². The molecule has 1 N–H and O–H groups in total. The smallest absolute Gasteiger partial charge is 0.328 e. The number of aliphatic carboxylic acids is 1. The van der Waals surface area contributed by atoms with Crippen LogP contribution in [0.1, 0.15) is 29.0 Å². The monoisotopic (exact) mass is 346 g/mol. The Kier molecular flexibility index (Phi) is 4.07. The number of carboxylic acid groups (broad SMARTS) is 1. The minimum atomic E-state index is -1.13. The molecule has 1 aromatic heterocycles. The van der Waals surface area contributed by atoms with Crippen molar-refractivity contribution in [2.45, 2.75) is 13.0 Å². The third-order valence-electron chi connectivity index (χ3n) is 3.72. The maximum absolute atomic E-state index is 13.6. The Morgan fingerprint density at radius 3 is 2.50 bits per heavy atom. The molecule has 0 aliphatic carbocycles. The van der Waals surface area contributed by atoms with E-state index in [2.05, 4.69) is 5.10 Å². The van der Waals surface area contributed by atoms with E-state index in [0.29, 0.717) is 16.0 Å². The normalized spacial score (nSPS) is 12.3. The molecule has 3 rings (SSSR count). The van der Waals surface area contributed by atoms with Gasteiger partial charge in [0, 0.05) is 16.0 Å². The fourth-order valence-electron chi connectivity index (χ4n) is 2.42. The topological polar surface area (TPSA) is 72.2 Å². The van der Waals surface area contributed by atoms with Gasteiger partial charge in [-0.15, -0.1) is 0 Å². The molecule has 0 saturated carbocycles. The van der Waals surface area contributed by atoms with E-state index < -0.39 is 17.8 Å². The molecule has 1 atom stereocenters. The quantitative estimate of drug-likeness (QED) is 0.731. The number of carbonyl (C=O) groups excluding carboxylic acids is 1. The second kappa shape index (κ2) is 6.05. The number of nitrogens with zero attached hydrogens (tertiary/aromatic N) is 2. The second-order valence-corrected chi connectivity index (χ2v) is 5.74. The fraction of sp³-hybridized carbons (Fsp3) is 0.118. The van der Waals surface area contributed by atoms with Gasteiger partial charge in [-0.3, -0.25) is 4.79 Å². The van der Waals surface area contributed by atoms with E-state index in [0.717, 1.165) is 4.68 Å². The highest BCUT2D eigenvalue weighted by Gasteiger charge is 2.24. The largest absolute Gasteiger partial charge is 0.480 e. The Labute approximate surface area is 141 Å². The Bertz CT molecular complexity index is 950. The number of carboxylic acids is 1. The molecular formula is C17H12ClFN2O3. The highest BCUT2D eigenvalue weighted by atomic mass is 35.5. The minimum absolute atomic E-state index is 0.0698. The van der Waals surface area contributed by atoms with E-state index in [-0.39, 0.29) is 17.0 Å². The standard InChI is InChI=1S/C17H12ClFN2O3/c1-9(17(23)24)21-14-8-12(19)6-7-13(14)15(20-21)16(22)10-2-4-11(18)5-3-10/h2-9H,1H3,(H,23,24). The van der Waals surface area contributed by atoms with Crippen LogP contribution in [0.3, 0.4) is 0 Å². The van der Waals surface area contributed by atoms with Gasteiger partial charge in [-0.2, -0.15) is 5.10 Å². The van der Waals surface area contributed by atoms with Crippen LogP contribution in [0.5, 0.6) is 0 Å². The van der Waals surface area contributed by atoms with Gasteiger partial charge in [0.25, 0.3) is 0 Å². The summed E-state index contributed by atoms with van der Waals surface area (Å²) in [6.45, 7) is 1.41. The summed E-state index contributed by atoms with van der Waals surface area (Å²) < 4.78 is 14.7.